The molecule has 1 N–H and O–H groups in total. The van der Waals surface area contributed by atoms with Crippen molar-refractivity contribution in [2.24, 2.45) is 5.41 Å². The number of aromatic nitrogens is 3. The van der Waals surface area contributed by atoms with Gasteiger partial charge in [0.25, 0.3) is 0 Å². The monoisotopic (exact) mass is 323 g/mol. The molecule has 4 nitrogen and oxygen atoms in total. The third-order valence-electron chi connectivity index (χ3n) is 3.16. The van der Waals surface area contributed by atoms with Crippen molar-refractivity contribution in [1.82, 2.24) is 15.2 Å². The fourth-order valence-corrected chi connectivity index (χ4v) is 2.02. The highest BCUT2D eigenvalue weighted by molar-refractivity contribution is 6.26. The van der Waals surface area contributed by atoms with E-state index >= 15 is 0 Å². The largest absolute Gasteiger partial charge is 0.416 e. The number of hydrogen-bond donors (Lipinski definition) is 1. The number of benzene rings is 1. The number of Topliss-reactive ketones (excluding diaryl/α,β-unsaturated/α-hetero) is 1. The van der Waals surface area contributed by atoms with Crippen LogP contribution < -0.4 is 0 Å². The van der Waals surface area contributed by atoms with E-state index in [0.717, 1.165) is 6.07 Å². The summed E-state index contributed by atoms with van der Waals surface area (Å²) in [5.41, 5.74) is -1.61. The highest BCUT2D eigenvalue weighted by Gasteiger charge is 2.33. The lowest BCUT2D eigenvalue weighted by atomic mass is 9.85. The molecule has 0 fully saturated rings. The summed E-state index contributed by atoms with van der Waals surface area (Å²) < 4.78 is 39.4. The Balaban J connectivity index is 2.62. The molecule has 0 aliphatic carbocycles. The number of carbonyl (C=O) groups excluding carboxylic acids is 1. The molecule has 2 aromatic rings. The third-order valence-corrected chi connectivity index (χ3v) is 3.16. The van der Waals surface area contributed by atoms with Crippen LogP contribution in [0.3, 0.4) is 0 Å². The van der Waals surface area contributed by atoms with Crippen LogP contribution in [0, 0.1) is 5.41 Å². The lowest BCUT2D eigenvalue weighted by Crippen LogP contribution is -2.22. The molecule has 23 heavy (non-hydrogen) atoms. The van der Waals surface area contributed by atoms with Crippen LogP contribution in [-0.4, -0.2) is 21.0 Å². The molecule has 0 unspecified atom stereocenters. The number of nitrogens with one attached hydrogen (secondary N) is 1. The number of H-pyrrole nitrogens is 1. The maximum absolute atomic E-state index is 13.1. The van der Waals surface area contributed by atoms with Crippen LogP contribution in [0.25, 0.3) is 11.6 Å². The molecule has 7 heteroatoms. The molecule has 1 aromatic heterocycles. The summed E-state index contributed by atoms with van der Waals surface area (Å²) in [4.78, 5) is 16.5. The average molecular weight is 323 g/mol. The van der Waals surface area contributed by atoms with Crippen LogP contribution in [0.5, 0.6) is 0 Å². The molecular weight excluding hydrogens is 307 g/mol. The van der Waals surface area contributed by atoms with Crippen molar-refractivity contribution in [1.29, 1.82) is 0 Å². The normalized spacial score (nSPS) is 13.2. The Morgan fingerprint density at radius 3 is 2.35 bits per heavy atom. The number of allylic oxidation sites excluding steroid dienone is 1. The van der Waals surface area contributed by atoms with Crippen molar-refractivity contribution >= 4 is 17.4 Å². The van der Waals surface area contributed by atoms with Gasteiger partial charge in [-0.3, -0.25) is 9.89 Å². The summed E-state index contributed by atoms with van der Waals surface area (Å²) >= 11 is 0. The second kappa shape index (κ2) is 5.98. The maximum Gasteiger partial charge on any atom is 0.416 e. The summed E-state index contributed by atoms with van der Waals surface area (Å²) in [6.07, 6.45) is -2.10. The second-order valence-corrected chi connectivity index (χ2v) is 6.06. The molecule has 0 radical (unpaired) electrons. The van der Waals surface area contributed by atoms with Gasteiger partial charge in [-0.05, 0) is 17.7 Å². The topological polar surface area (TPSA) is 58.6 Å². The van der Waals surface area contributed by atoms with E-state index in [1.165, 1.54) is 30.6 Å². The first-order valence-electron chi connectivity index (χ1n) is 6.89. The Bertz CT molecular complexity index is 726. The molecule has 0 atom stereocenters. The van der Waals surface area contributed by atoms with Gasteiger partial charge in [-0.2, -0.15) is 18.3 Å². The van der Waals surface area contributed by atoms with E-state index in [1.807, 2.05) is 0 Å². The highest BCUT2D eigenvalue weighted by Crippen LogP contribution is 2.34. The molecule has 2 rings (SSSR count). The number of rotatable bonds is 3. The van der Waals surface area contributed by atoms with E-state index in [9.17, 15) is 18.0 Å². The zero-order chi connectivity index (χ0) is 17.3. The quantitative estimate of drug-likeness (QED) is 0.869. The SMILES string of the molecule is CC(C)(C)C(=O)C(=Cc1ccccc1C(F)(F)F)c1ncn[nH]1. The van der Waals surface area contributed by atoms with Gasteiger partial charge in [0.1, 0.15) is 6.33 Å². The number of nitrogens with zero attached hydrogens (tertiary/aromatic N) is 2. The summed E-state index contributed by atoms with van der Waals surface area (Å²) in [5, 5.41) is 6.21. The summed E-state index contributed by atoms with van der Waals surface area (Å²) in [6.45, 7) is 5.07. The molecule has 122 valence electrons. The maximum atomic E-state index is 13.1. The first-order valence-corrected chi connectivity index (χ1v) is 6.89. The Hall–Kier alpha value is -2.44. The molecule has 1 heterocycles. The van der Waals surface area contributed by atoms with Crippen molar-refractivity contribution in [3.63, 3.8) is 0 Å². The van der Waals surface area contributed by atoms with Crippen LogP contribution in [0.15, 0.2) is 30.6 Å². The standard InChI is InChI=1S/C16H16F3N3O/c1-15(2,3)13(23)11(14-20-9-21-22-14)8-10-6-4-5-7-12(10)16(17,18)19/h4-9H,1-3H3,(H,20,21,22). The molecule has 0 bridgehead atoms. The number of aromatic amines is 1. The second-order valence-electron chi connectivity index (χ2n) is 6.06. The summed E-state index contributed by atoms with van der Waals surface area (Å²) in [5.74, 6) is -0.187. The Morgan fingerprint density at radius 1 is 1.17 bits per heavy atom. The zero-order valence-corrected chi connectivity index (χ0v) is 12.9. The minimum atomic E-state index is -4.51. The molecule has 1 aromatic carbocycles. The molecule has 0 aliphatic heterocycles. The van der Waals surface area contributed by atoms with Crippen LogP contribution in [0.2, 0.25) is 0 Å². The predicted octanol–water partition coefficient (Wildman–Crippen LogP) is 3.98. The van der Waals surface area contributed by atoms with Crippen molar-refractivity contribution in [2.45, 2.75) is 26.9 Å². The van der Waals surface area contributed by atoms with Crippen molar-refractivity contribution in [3.8, 4) is 0 Å². The van der Waals surface area contributed by atoms with Crippen LogP contribution in [-0.2, 0) is 11.0 Å². The van der Waals surface area contributed by atoms with Crippen LogP contribution >= 0.6 is 0 Å². The molecule has 0 amide bonds. The van der Waals surface area contributed by atoms with Crippen LogP contribution in [0.4, 0.5) is 13.2 Å². The molecule has 0 aliphatic rings. The Morgan fingerprint density at radius 2 is 1.83 bits per heavy atom. The van der Waals surface area contributed by atoms with E-state index in [4.69, 9.17) is 0 Å². The van der Waals surface area contributed by atoms with Gasteiger partial charge in [0.05, 0.1) is 11.1 Å². The number of halogens is 3. The number of alkyl halides is 3. The lowest BCUT2D eigenvalue weighted by Gasteiger charge is -2.18. The first kappa shape index (κ1) is 16.9. The van der Waals surface area contributed by atoms with E-state index in [2.05, 4.69) is 15.2 Å². The van der Waals surface area contributed by atoms with Gasteiger partial charge in [-0.15, -0.1) is 0 Å². The number of ketones is 1. The Kier molecular flexibility index (Phi) is 4.40. The fourth-order valence-electron chi connectivity index (χ4n) is 2.02. The van der Waals surface area contributed by atoms with Gasteiger partial charge in [0.15, 0.2) is 11.6 Å². The van der Waals surface area contributed by atoms with Crippen molar-refractivity contribution in [2.75, 3.05) is 0 Å². The summed E-state index contributed by atoms with van der Waals surface area (Å²) in [7, 11) is 0. The molecule has 0 saturated carbocycles. The molecule has 0 saturated heterocycles. The number of carbonyl (C=O) groups is 1. The van der Waals surface area contributed by atoms with E-state index < -0.39 is 17.2 Å². The van der Waals surface area contributed by atoms with Gasteiger partial charge in [0, 0.05) is 5.41 Å². The fraction of sp³-hybridized carbons (Fsp3) is 0.312. The van der Waals surface area contributed by atoms with E-state index in [1.54, 1.807) is 20.8 Å². The molecular formula is C16H16F3N3O. The van der Waals surface area contributed by atoms with Crippen LogP contribution in [0.1, 0.15) is 37.7 Å². The van der Waals surface area contributed by atoms with Gasteiger partial charge in [-0.25, -0.2) is 4.98 Å². The van der Waals surface area contributed by atoms with Gasteiger partial charge in [0.2, 0.25) is 0 Å². The number of hydrogen-bond acceptors (Lipinski definition) is 3. The first-order chi connectivity index (χ1) is 10.6. The average Bonchev–Trinajstić information content (AvgIpc) is 2.96. The van der Waals surface area contributed by atoms with E-state index in [0.29, 0.717) is 0 Å². The van der Waals surface area contributed by atoms with Gasteiger partial charge >= 0.3 is 6.18 Å². The highest BCUT2D eigenvalue weighted by atomic mass is 19.4. The molecule has 0 spiro atoms. The van der Waals surface area contributed by atoms with Crippen molar-refractivity contribution in [3.05, 3.63) is 47.5 Å². The van der Waals surface area contributed by atoms with Gasteiger partial charge < -0.3 is 0 Å². The predicted molar refractivity (Wildman–Crippen MR) is 80.2 cm³/mol. The smallest absolute Gasteiger partial charge is 0.293 e. The van der Waals surface area contributed by atoms with Crippen molar-refractivity contribution < 1.29 is 18.0 Å². The third kappa shape index (κ3) is 3.85. The minimum Gasteiger partial charge on any atom is -0.293 e. The minimum absolute atomic E-state index is 0.0618. The van der Waals surface area contributed by atoms with E-state index in [-0.39, 0.29) is 22.7 Å². The van der Waals surface area contributed by atoms with Gasteiger partial charge in [-0.1, -0.05) is 39.0 Å². The Labute approximate surface area is 131 Å². The summed E-state index contributed by atoms with van der Waals surface area (Å²) in [6, 6.07) is 5.08. The zero-order valence-electron chi connectivity index (χ0n) is 12.9. The lowest BCUT2D eigenvalue weighted by molar-refractivity contribution is -0.137.